The summed E-state index contributed by atoms with van der Waals surface area (Å²) in [6.07, 6.45) is -4.70. The van der Waals surface area contributed by atoms with Crippen molar-refractivity contribution in [3.63, 3.8) is 0 Å². The van der Waals surface area contributed by atoms with Crippen LogP contribution in [0.3, 0.4) is 0 Å². The number of methoxy groups -OCH3 is 1. The summed E-state index contributed by atoms with van der Waals surface area (Å²) in [6.45, 7) is 0. The van der Waals surface area contributed by atoms with E-state index in [1.54, 1.807) is 24.3 Å². The Morgan fingerprint density at radius 1 is 1.19 bits per heavy atom. The highest BCUT2D eigenvalue weighted by Gasteiger charge is 2.34. The lowest BCUT2D eigenvalue weighted by molar-refractivity contribution is -0.143. The zero-order valence-corrected chi connectivity index (χ0v) is 17.5. The van der Waals surface area contributed by atoms with Gasteiger partial charge in [0.25, 0.3) is 0 Å². The Morgan fingerprint density at radius 3 is 2.41 bits per heavy atom. The molecule has 2 aromatic carbocycles. The van der Waals surface area contributed by atoms with Crippen molar-refractivity contribution in [1.29, 1.82) is 0 Å². The maximum atomic E-state index is 13.5. The lowest BCUT2D eigenvalue weighted by Crippen LogP contribution is -2.34. The number of benzene rings is 2. The average Bonchev–Trinajstić information content (AvgIpc) is 3.05. The second-order valence-electron chi connectivity index (χ2n) is 6.86. The van der Waals surface area contributed by atoms with Crippen LogP contribution in [0.5, 0.6) is 17.4 Å². The second-order valence-corrected chi connectivity index (χ2v) is 7.93. The Kier molecular flexibility index (Phi) is 6.90. The molecule has 0 bridgehead atoms. The van der Waals surface area contributed by atoms with Gasteiger partial charge >= 0.3 is 17.0 Å². The molecule has 170 valence electrons. The standard InChI is InChI=1S/C21H19F3N2O5S/c1-30-19(28)16(25)9-12-4-7-14(10-15(12)21(22,23)24)31-13-5-2-11(3-6-13)8-17-18(27)26-20(29)32-17/h2-7,10,16,27H,8-9,25H2,1H3,(H,26,29). The van der Waals surface area contributed by atoms with E-state index in [0.717, 1.165) is 30.1 Å². The summed E-state index contributed by atoms with van der Waals surface area (Å²) in [4.78, 5) is 25.1. The highest BCUT2D eigenvalue weighted by Crippen LogP contribution is 2.36. The summed E-state index contributed by atoms with van der Waals surface area (Å²) in [6, 6.07) is 8.68. The molecule has 0 amide bonds. The number of aromatic amines is 1. The molecule has 32 heavy (non-hydrogen) atoms. The van der Waals surface area contributed by atoms with Crippen LogP contribution in [-0.4, -0.2) is 29.2 Å². The first-order chi connectivity index (χ1) is 15.1. The van der Waals surface area contributed by atoms with Gasteiger partial charge in [0.2, 0.25) is 5.88 Å². The summed E-state index contributed by atoms with van der Waals surface area (Å²) in [5, 5.41) is 9.66. The number of carbonyl (C=O) groups excluding carboxylic acids is 1. The van der Waals surface area contributed by atoms with E-state index in [9.17, 15) is 27.9 Å². The molecule has 3 rings (SSSR count). The van der Waals surface area contributed by atoms with Crippen molar-refractivity contribution in [2.45, 2.75) is 25.1 Å². The predicted molar refractivity (Wildman–Crippen MR) is 111 cm³/mol. The quantitative estimate of drug-likeness (QED) is 0.457. The van der Waals surface area contributed by atoms with Gasteiger partial charge in [-0.3, -0.25) is 14.6 Å². The molecule has 0 saturated carbocycles. The predicted octanol–water partition coefficient (Wildman–Crippen LogP) is 3.59. The number of halogens is 3. The number of alkyl halides is 3. The monoisotopic (exact) mass is 468 g/mol. The van der Waals surface area contributed by atoms with E-state index in [1.807, 2.05) is 0 Å². The molecule has 0 aliphatic rings. The number of ether oxygens (including phenoxy) is 2. The molecule has 0 saturated heterocycles. The van der Waals surface area contributed by atoms with Crippen molar-refractivity contribution in [3.05, 3.63) is 73.7 Å². The number of thiazole rings is 1. The number of nitrogens with two attached hydrogens (primary N) is 1. The van der Waals surface area contributed by atoms with Crippen LogP contribution in [0.1, 0.15) is 21.6 Å². The first-order valence-electron chi connectivity index (χ1n) is 9.28. The van der Waals surface area contributed by atoms with Gasteiger partial charge in [0.05, 0.1) is 17.6 Å². The van der Waals surface area contributed by atoms with Gasteiger partial charge in [0, 0.05) is 6.42 Å². The van der Waals surface area contributed by atoms with Gasteiger partial charge in [-0.15, -0.1) is 0 Å². The Morgan fingerprint density at radius 2 is 1.84 bits per heavy atom. The summed E-state index contributed by atoms with van der Waals surface area (Å²) < 4.78 is 50.6. The zero-order valence-electron chi connectivity index (χ0n) is 16.7. The first kappa shape index (κ1) is 23.4. The molecule has 0 fully saturated rings. The normalized spacial score (nSPS) is 12.4. The molecule has 1 unspecified atom stereocenters. The molecule has 0 aliphatic carbocycles. The molecule has 0 radical (unpaired) electrons. The molecule has 1 aromatic heterocycles. The fourth-order valence-electron chi connectivity index (χ4n) is 3.00. The minimum Gasteiger partial charge on any atom is -0.494 e. The number of rotatable bonds is 7. The SMILES string of the molecule is COC(=O)C(N)Cc1ccc(Oc2ccc(Cc3sc(=O)[nH]c3O)cc2)cc1C(F)(F)F. The van der Waals surface area contributed by atoms with E-state index >= 15 is 0 Å². The Labute approximate surface area is 184 Å². The van der Waals surface area contributed by atoms with Crippen LogP contribution >= 0.6 is 11.3 Å². The molecule has 1 heterocycles. The third-order valence-corrected chi connectivity index (χ3v) is 5.43. The van der Waals surface area contributed by atoms with Crippen LogP contribution in [0.25, 0.3) is 0 Å². The second kappa shape index (κ2) is 9.45. The van der Waals surface area contributed by atoms with Gasteiger partial charge in [-0.05, 0) is 41.8 Å². The van der Waals surface area contributed by atoms with Gasteiger partial charge in [-0.1, -0.05) is 29.5 Å². The number of hydrogen-bond acceptors (Lipinski definition) is 7. The van der Waals surface area contributed by atoms with E-state index in [2.05, 4.69) is 9.72 Å². The number of esters is 1. The first-order valence-corrected chi connectivity index (χ1v) is 10.1. The third kappa shape index (κ3) is 5.68. The Bertz CT molecular complexity index is 1160. The highest BCUT2D eigenvalue weighted by atomic mass is 32.1. The summed E-state index contributed by atoms with van der Waals surface area (Å²) in [5.41, 5.74) is 5.27. The number of hydrogen-bond donors (Lipinski definition) is 3. The van der Waals surface area contributed by atoms with E-state index in [0.29, 0.717) is 17.0 Å². The van der Waals surface area contributed by atoms with Crippen LogP contribution in [0.2, 0.25) is 0 Å². The van der Waals surface area contributed by atoms with Crippen LogP contribution in [-0.2, 0) is 28.5 Å². The van der Waals surface area contributed by atoms with E-state index in [-0.39, 0.29) is 28.5 Å². The van der Waals surface area contributed by atoms with Crippen LogP contribution < -0.4 is 15.3 Å². The van der Waals surface area contributed by atoms with Gasteiger partial charge in [0.15, 0.2) is 0 Å². The number of H-pyrrole nitrogens is 1. The molecular weight excluding hydrogens is 449 g/mol. The molecule has 1 atom stereocenters. The molecular formula is C21H19F3N2O5S. The molecule has 0 spiro atoms. The minimum atomic E-state index is -4.67. The Balaban J connectivity index is 1.77. The van der Waals surface area contributed by atoms with E-state index < -0.39 is 23.8 Å². The smallest absolute Gasteiger partial charge is 0.416 e. The molecule has 7 nitrogen and oxygen atoms in total. The summed E-state index contributed by atoms with van der Waals surface area (Å²) in [7, 11) is 1.11. The lowest BCUT2D eigenvalue weighted by Gasteiger charge is -2.17. The zero-order chi connectivity index (χ0) is 23.5. The summed E-state index contributed by atoms with van der Waals surface area (Å²) in [5.74, 6) is -0.736. The molecule has 0 aliphatic heterocycles. The average molecular weight is 468 g/mol. The van der Waals surface area contributed by atoms with Crippen molar-refractivity contribution < 1.29 is 32.5 Å². The summed E-state index contributed by atoms with van der Waals surface area (Å²) >= 11 is 0.892. The number of aromatic hydroxyl groups is 1. The largest absolute Gasteiger partial charge is 0.494 e. The van der Waals surface area contributed by atoms with Gasteiger partial charge in [-0.25, -0.2) is 0 Å². The maximum Gasteiger partial charge on any atom is 0.416 e. The Hall–Kier alpha value is -3.31. The van der Waals surface area contributed by atoms with E-state index in [4.69, 9.17) is 10.5 Å². The van der Waals surface area contributed by atoms with Crippen molar-refractivity contribution in [2.24, 2.45) is 5.73 Å². The topological polar surface area (TPSA) is 115 Å². The van der Waals surface area contributed by atoms with Gasteiger partial charge < -0.3 is 20.3 Å². The van der Waals surface area contributed by atoms with Crippen molar-refractivity contribution >= 4 is 17.3 Å². The molecule has 11 heteroatoms. The van der Waals surface area contributed by atoms with Crippen molar-refractivity contribution in [2.75, 3.05) is 7.11 Å². The van der Waals surface area contributed by atoms with Gasteiger partial charge in [0.1, 0.15) is 17.5 Å². The van der Waals surface area contributed by atoms with Crippen LogP contribution in [0, 0.1) is 0 Å². The third-order valence-electron chi connectivity index (χ3n) is 4.55. The highest BCUT2D eigenvalue weighted by molar-refractivity contribution is 7.09. The van der Waals surface area contributed by atoms with Gasteiger partial charge in [-0.2, -0.15) is 13.2 Å². The van der Waals surface area contributed by atoms with Crippen molar-refractivity contribution in [3.8, 4) is 17.4 Å². The molecule has 4 N–H and O–H groups in total. The number of nitrogens with one attached hydrogen (secondary N) is 1. The maximum absolute atomic E-state index is 13.5. The lowest BCUT2D eigenvalue weighted by atomic mass is 9.99. The fraction of sp³-hybridized carbons (Fsp3) is 0.238. The number of carbonyl (C=O) groups is 1. The molecule has 3 aromatic rings. The van der Waals surface area contributed by atoms with Crippen LogP contribution in [0.4, 0.5) is 13.2 Å². The number of aromatic nitrogens is 1. The minimum absolute atomic E-state index is 0.0398. The van der Waals surface area contributed by atoms with Crippen molar-refractivity contribution in [1.82, 2.24) is 4.98 Å². The fourth-order valence-corrected chi connectivity index (χ4v) is 3.76. The van der Waals surface area contributed by atoms with Crippen LogP contribution in [0.15, 0.2) is 47.3 Å². The van der Waals surface area contributed by atoms with E-state index in [1.165, 1.54) is 12.1 Å².